The van der Waals surface area contributed by atoms with Gasteiger partial charge in [0.2, 0.25) is 0 Å². The molecule has 0 aliphatic heterocycles. The third kappa shape index (κ3) is 5.23. The third-order valence-electron chi connectivity index (χ3n) is 1.79. The topological polar surface area (TPSA) is 69.4 Å². The van der Waals surface area contributed by atoms with E-state index in [4.69, 9.17) is 10.5 Å². The van der Waals surface area contributed by atoms with E-state index in [-0.39, 0.29) is 14.0 Å². The zero-order chi connectivity index (χ0) is 11.0. The van der Waals surface area contributed by atoms with E-state index in [0.717, 1.165) is 19.3 Å². The van der Waals surface area contributed by atoms with Gasteiger partial charge >= 0.3 is 84.6 Å². The minimum absolute atomic E-state index is 0.0938. The molecule has 0 aliphatic carbocycles. The summed E-state index contributed by atoms with van der Waals surface area (Å²) in [4.78, 5) is 11.2. The van der Waals surface area contributed by atoms with E-state index in [9.17, 15) is 9.36 Å². The van der Waals surface area contributed by atoms with Crippen LogP contribution in [0.1, 0.15) is 33.1 Å². The van der Waals surface area contributed by atoms with Crippen molar-refractivity contribution < 1.29 is 14.1 Å². The summed E-state index contributed by atoms with van der Waals surface area (Å²) in [6.07, 6.45) is 2.45. The molecule has 80 valence electrons. The predicted octanol–water partition coefficient (Wildman–Crippen LogP) is 1.69. The summed E-state index contributed by atoms with van der Waals surface area (Å²) < 4.78 is 15.2. The molecule has 0 amide bonds. The van der Waals surface area contributed by atoms with Gasteiger partial charge in [0.1, 0.15) is 0 Å². The van der Waals surface area contributed by atoms with Gasteiger partial charge in [-0.2, -0.15) is 0 Å². The Morgan fingerprint density at radius 3 is 2.64 bits per heavy atom. The molecule has 14 heavy (non-hydrogen) atoms. The second-order valence-electron chi connectivity index (χ2n) is 2.95. The van der Waals surface area contributed by atoms with E-state index in [1.807, 2.05) is 13.8 Å². The van der Waals surface area contributed by atoms with E-state index in [2.05, 4.69) is 5.63 Å². The average Bonchev–Trinajstić information content (AvgIpc) is 2.17. The summed E-state index contributed by atoms with van der Waals surface area (Å²) in [6, 6.07) is -1.01. The van der Waals surface area contributed by atoms with Crippen molar-refractivity contribution >= 4 is 13.9 Å². The van der Waals surface area contributed by atoms with Gasteiger partial charge in [-0.05, 0) is 0 Å². The van der Waals surface area contributed by atoms with Crippen molar-refractivity contribution in [2.75, 3.05) is 0 Å². The van der Waals surface area contributed by atoms with Crippen molar-refractivity contribution in [3.63, 3.8) is 0 Å². The number of hydrogen-bond donors (Lipinski definition) is 1. The fraction of sp³-hybridized carbons (Fsp3) is 0.778. The fourth-order valence-electron chi connectivity index (χ4n) is 1.02. The Labute approximate surface area is 85.3 Å². The molecule has 0 fully saturated rings. The van der Waals surface area contributed by atoms with Crippen molar-refractivity contribution in [1.82, 2.24) is 0 Å². The van der Waals surface area contributed by atoms with Crippen LogP contribution in [0.5, 0.6) is 0 Å². The normalized spacial score (nSPS) is 13.9. The molecule has 5 heteroatoms. The van der Waals surface area contributed by atoms with Crippen molar-refractivity contribution in [1.29, 1.82) is 0 Å². The van der Waals surface area contributed by atoms with Crippen LogP contribution in [-0.2, 0) is 14.1 Å². The quantitative estimate of drug-likeness (QED) is 0.562. The van der Waals surface area contributed by atoms with Gasteiger partial charge in [-0.1, -0.05) is 0 Å². The van der Waals surface area contributed by atoms with Gasteiger partial charge in [0.25, 0.3) is 0 Å². The van der Waals surface area contributed by atoms with Crippen molar-refractivity contribution in [3.05, 3.63) is 0 Å². The first-order valence-electron chi connectivity index (χ1n) is 4.69. The van der Waals surface area contributed by atoms with Gasteiger partial charge in [0, 0.05) is 0 Å². The summed E-state index contributed by atoms with van der Waals surface area (Å²) in [7, 11) is -0.368. The Hall–Kier alpha value is -0.560. The van der Waals surface area contributed by atoms with Gasteiger partial charge < -0.3 is 0 Å². The molecule has 0 rings (SSSR count). The number of hydrogen-bond acceptors (Lipinski definition) is 4. The number of carbonyl (C=O) groups excluding carboxylic acids is 1. The number of ether oxygens (including phenoxy) is 1. The number of esters is 1. The standard InChI is InChI=1S/C9H16NO3P/c1-3-5-7(4-2)13-9(11)8(10)6-14-12/h7-8H,3-5,10H2,1-2H3. The zero-order valence-electron chi connectivity index (χ0n) is 8.53. The second kappa shape index (κ2) is 7.81. The zero-order valence-corrected chi connectivity index (χ0v) is 9.42. The van der Waals surface area contributed by atoms with Gasteiger partial charge in [0.05, 0.1) is 0 Å². The Morgan fingerprint density at radius 2 is 2.21 bits per heavy atom. The molecule has 0 aromatic heterocycles. The Bertz CT molecular complexity index is 273. The van der Waals surface area contributed by atoms with Gasteiger partial charge in [-0.3, -0.25) is 0 Å². The van der Waals surface area contributed by atoms with E-state index < -0.39 is 12.0 Å². The first-order valence-corrected chi connectivity index (χ1v) is 5.50. The van der Waals surface area contributed by atoms with Crippen LogP contribution in [0.3, 0.4) is 0 Å². The fourth-order valence-corrected chi connectivity index (χ4v) is 1.23. The number of carbonyl (C=O) groups is 1. The molecular formula is C9H16NO3P. The van der Waals surface area contributed by atoms with Gasteiger partial charge in [0.15, 0.2) is 0 Å². The minimum atomic E-state index is -1.01. The Morgan fingerprint density at radius 1 is 1.57 bits per heavy atom. The maximum atomic E-state index is 11.2. The third-order valence-corrected chi connectivity index (χ3v) is 2.18. The summed E-state index contributed by atoms with van der Waals surface area (Å²) in [5.41, 5.74) is 7.57. The molecule has 2 N–H and O–H groups in total. The molecule has 2 atom stereocenters. The summed E-state index contributed by atoms with van der Waals surface area (Å²) in [5.74, 6) is -0.561. The molecule has 4 nitrogen and oxygen atoms in total. The molecule has 0 spiro atoms. The van der Waals surface area contributed by atoms with Crippen LogP contribution in [0.4, 0.5) is 0 Å². The molecule has 0 saturated carbocycles. The number of rotatable bonds is 5. The van der Waals surface area contributed by atoms with Crippen LogP contribution in [0.25, 0.3) is 0 Å². The molecule has 0 saturated heterocycles. The van der Waals surface area contributed by atoms with E-state index >= 15 is 0 Å². The van der Waals surface area contributed by atoms with Crippen molar-refractivity contribution in [2.45, 2.75) is 45.3 Å². The Balaban J connectivity index is 4.11. The van der Waals surface area contributed by atoms with Crippen LogP contribution in [0.2, 0.25) is 0 Å². The molecule has 0 aromatic carbocycles. The van der Waals surface area contributed by atoms with Crippen LogP contribution in [0.15, 0.2) is 0 Å². The maximum absolute atomic E-state index is 11.2. The summed E-state index contributed by atoms with van der Waals surface area (Å²) >= 11 is 0. The molecular weight excluding hydrogens is 201 g/mol. The first kappa shape index (κ1) is 13.4. The molecule has 0 aliphatic rings. The van der Waals surface area contributed by atoms with Crippen LogP contribution in [-0.4, -0.2) is 18.1 Å². The molecule has 2 unspecified atom stereocenters. The average molecular weight is 217 g/mol. The van der Waals surface area contributed by atoms with Gasteiger partial charge in [-0.25, -0.2) is 0 Å². The SMILES string of the molecule is CCCC(CC)OC(=O)C(N)C#P=O. The summed E-state index contributed by atoms with van der Waals surface area (Å²) in [5, 5.41) is 0. The number of nitrogens with two attached hydrogens (primary N) is 1. The van der Waals surface area contributed by atoms with Crippen molar-refractivity contribution in [2.24, 2.45) is 5.73 Å². The van der Waals surface area contributed by atoms with Crippen molar-refractivity contribution in [3.8, 4) is 5.63 Å². The first-order chi connectivity index (χ1) is 6.65. The molecule has 0 heterocycles. The van der Waals surface area contributed by atoms with Crippen LogP contribution >= 0.6 is 7.92 Å². The Kier molecular flexibility index (Phi) is 7.50. The summed E-state index contributed by atoms with van der Waals surface area (Å²) in [6.45, 7) is 3.96. The predicted molar refractivity (Wildman–Crippen MR) is 54.5 cm³/mol. The second-order valence-corrected chi connectivity index (χ2v) is 3.39. The molecule has 0 bridgehead atoms. The van der Waals surface area contributed by atoms with Crippen LogP contribution < -0.4 is 5.73 Å². The molecule has 0 radical (unpaired) electrons. The van der Waals surface area contributed by atoms with Crippen LogP contribution in [0, 0.1) is 5.63 Å². The van der Waals surface area contributed by atoms with E-state index in [1.54, 1.807) is 0 Å². The van der Waals surface area contributed by atoms with E-state index in [0.29, 0.717) is 0 Å². The monoisotopic (exact) mass is 217 g/mol. The van der Waals surface area contributed by atoms with Gasteiger partial charge in [-0.15, -0.1) is 0 Å². The van der Waals surface area contributed by atoms with E-state index in [1.165, 1.54) is 0 Å². The molecule has 0 aromatic rings.